The van der Waals surface area contributed by atoms with Gasteiger partial charge in [-0.15, -0.1) is 11.3 Å². The highest BCUT2D eigenvalue weighted by Crippen LogP contribution is 2.22. The Morgan fingerprint density at radius 3 is 2.56 bits per heavy atom. The zero-order chi connectivity index (χ0) is 17.8. The first-order valence-electron chi connectivity index (χ1n) is 8.00. The van der Waals surface area contributed by atoms with Crippen molar-refractivity contribution in [1.82, 2.24) is 10.4 Å². The Labute approximate surface area is 150 Å². The van der Waals surface area contributed by atoms with E-state index in [0.29, 0.717) is 11.3 Å². The zero-order valence-electron chi connectivity index (χ0n) is 14.3. The van der Waals surface area contributed by atoms with Gasteiger partial charge >= 0.3 is 0 Å². The number of nitrogens with zero attached hydrogens (tertiary/aromatic N) is 2. The molecule has 5 nitrogen and oxygen atoms in total. The maximum Gasteiger partial charge on any atom is 0.271 e. The van der Waals surface area contributed by atoms with Gasteiger partial charge in [0.2, 0.25) is 0 Å². The summed E-state index contributed by atoms with van der Waals surface area (Å²) in [5, 5.41) is 4.96. The zero-order valence-corrected chi connectivity index (χ0v) is 15.1. The molecule has 0 radical (unpaired) electrons. The van der Waals surface area contributed by atoms with Crippen LogP contribution in [0.3, 0.4) is 0 Å². The molecule has 0 atom stereocenters. The van der Waals surface area contributed by atoms with E-state index in [1.54, 1.807) is 35.6 Å². The fourth-order valence-electron chi connectivity index (χ4n) is 2.23. The first-order valence-corrected chi connectivity index (χ1v) is 8.82. The van der Waals surface area contributed by atoms with Crippen LogP contribution in [0.4, 0.5) is 0 Å². The number of thiazole rings is 1. The summed E-state index contributed by atoms with van der Waals surface area (Å²) in [6, 6.07) is 14.9. The Morgan fingerprint density at radius 1 is 1.16 bits per heavy atom. The van der Waals surface area contributed by atoms with Gasteiger partial charge in [-0.25, -0.2) is 10.4 Å². The minimum Gasteiger partial charge on any atom is -0.491 e. The number of benzene rings is 2. The number of hydrogen-bond acceptors (Lipinski definition) is 5. The van der Waals surface area contributed by atoms with E-state index >= 15 is 0 Å². The molecular formula is C19H19N3O2S. The average Bonchev–Trinajstić information content (AvgIpc) is 3.03. The molecule has 0 spiro atoms. The predicted octanol–water partition coefficient (Wildman–Crippen LogP) is 4.24. The molecule has 1 amide bonds. The number of carbonyl (C=O) groups is 1. The van der Waals surface area contributed by atoms with E-state index in [0.717, 1.165) is 21.0 Å². The van der Waals surface area contributed by atoms with Crippen molar-refractivity contribution in [1.29, 1.82) is 0 Å². The third-order valence-electron chi connectivity index (χ3n) is 3.42. The lowest BCUT2D eigenvalue weighted by molar-refractivity contribution is 0.0955. The lowest BCUT2D eigenvalue weighted by Crippen LogP contribution is -2.19. The van der Waals surface area contributed by atoms with Gasteiger partial charge in [0.15, 0.2) is 0 Å². The van der Waals surface area contributed by atoms with Gasteiger partial charge in [0.05, 0.1) is 22.0 Å². The van der Waals surface area contributed by atoms with E-state index in [4.69, 9.17) is 4.74 Å². The molecule has 25 heavy (non-hydrogen) atoms. The van der Waals surface area contributed by atoms with E-state index in [1.165, 1.54) is 0 Å². The van der Waals surface area contributed by atoms with Crippen LogP contribution in [-0.4, -0.2) is 22.7 Å². The molecule has 0 saturated carbocycles. The first-order chi connectivity index (χ1) is 12.0. The van der Waals surface area contributed by atoms with Gasteiger partial charge in [-0.1, -0.05) is 12.1 Å². The van der Waals surface area contributed by atoms with Crippen LogP contribution in [0.1, 0.15) is 36.1 Å². The van der Waals surface area contributed by atoms with Gasteiger partial charge < -0.3 is 4.74 Å². The van der Waals surface area contributed by atoms with Crippen molar-refractivity contribution in [3.05, 3.63) is 59.1 Å². The Bertz CT molecular complexity index is 881. The lowest BCUT2D eigenvalue weighted by Gasteiger charge is -2.09. The van der Waals surface area contributed by atoms with Crippen molar-refractivity contribution in [2.45, 2.75) is 26.9 Å². The molecule has 0 fully saturated rings. The SMILES string of the molecule is C/C(=N/NC(=O)c1ccc(OC(C)C)cc1)c1nc2ccccc2s1. The van der Waals surface area contributed by atoms with Crippen LogP contribution < -0.4 is 10.2 Å². The average molecular weight is 353 g/mol. The van der Waals surface area contributed by atoms with Crippen molar-refractivity contribution in [3.63, 3.8) is 0 Å². The standard InChI is InChI=1S/C19H19N3O2S/c1-12(2)24-15-10-8-14(9-11-15)18(23)22-21-13(3)19-20-16-6-4-5-7-17(16)25-19/h4-12H,1-3H3,(H,22,23)/b21-13-. The number of hydrogen-bond donors (Lipinski definition) is 1. The maximum atomic E-state index is 12.2. The molecule has 128 valence electrons. The maximum absolute atomic E-state index is 12.2. The number of carbonyl (C=O) groups excluding carboxylic acids is 1. The summed E-state index contributed by atoms with van der Waals surface area (Å²) in [7, 11) is 0. The molecule has 0 saturated heterocycles. The summed E-state index contributed by atoms with van der Waals surface area (Å²) in [5.74, 6) is 0.470. The van der Waals surface area contributed by atoms with Crippen molar-refractivity contribution in [2.24, 2.45) is 5.10 Å². The van der Waals surface area contributed by atoms with Crippen LogP contribution in [-0.2, 0) is 0 Å². The molecule has 2 aromatic carbocycles. The minimum absolute atomic E-state index is 0.0979. The van der Waals surface area contributed by atoms with E-state index in [1.807, 2.05) is 45.0 Å². The van der Waals surface area contributed by atoms with Crippen molar-refractivity contribution in [2.75, 3.05) is 0 Å². The molecule has 1 aromatic heterocycles. The van der Waals surface area contributed by atoms with E-state index < -0.39 is 0 Å². The summed E-state index contributed by atoms with van der Waals surface area (Å²) >= 11 is 1.55. The highest BCUT2D eigenvalue weighted by atomic mass is 32.1. The summed E-state index contributed by atoms with van der Waals surface area (Å²) in [6.07, 6.45) is 0.0979. The van der Waals surface area contributed by atoms with Crippen LogP contribution >= 0.6 is 11.3 Å². The second kappa shape index (κ2) is 7.44. The number of hydrazone groups is 1. The molecular weight excluding hydrogens is 334 g/mol. The normalized spacial score (nSPS) is 11.8. The fourth-order valence-corrected chi connectivity index (χ4v) is 3.14. The molecule has 0 unspecified atom stereocenters. The summed E-state index contributed by atoms with van der Waals surface area (Å²) in [5.41, 5.74) is 4.71. The topological polar surface area (TPSA) is 63.6 Å². The molecule has 0 bridgehead atoms. The number of fused-ring (bicyclic) bond motifs is 1. The van der Waals surface area contributed by atoms with Gasteiger partial charge in [-0.05, 0) is 57.2 Å². The van der Waals surface area contributed by atoms with Gasteiger partial charge in [-0.3, -0.25) is 4.79 Å². The number of rotatable bonds is 5. The van der Waals surface area contributed by atoms with Crippen molar-refractivity contribution in [3.8, 4) is 5.75 Å². The third kappa shape index (κ3) is 4.22. The smallest absolute Gasteiger partial charge is 0.271 e. The largest absolute Gasteiger partial charge is 0.491 e. The highest BCUT2D eigenvalue weighted by molar-refractivity contribution is 7.20. The van der Waals surface area contributed by atoms with Crippen LogP contribution in [0.5, 0.6) is 5.75 Å². The molecule has 1 heterocycles. The minimum atomic E-state index is -0.267. The number of aromatic nitrogens is 1. The fraction of sp³-hybridized carbons (Fsp3) is 0.211. The van der Waals surface area contributed by atoms with Crippen LogP contribution in [0, 0.1) is 0 Å². The van der Waals surface area contributed by atoms with E-state index in [-0.39, 0.29) is 12.0 Å². The summed E-state index contributed by atoms with van der Waals surface area (Å²) in [4.78, 5) is 16.7. The van der Waals surface area contributed by atoms with Gasteiger partial charge in [-0.2, -0.15) is 5.10 Å². The Hall–Kier alpha value is -2.73. The number of para-hydroxylation sites is 1. The quantitative estimate of drug-likeness (QED) is 0.551. The van der Waals surface area contributed by atoms with Crippen LogP contribution in [0.25, 0.3) is 10.2 Å². The first kappa shape index (κ1) is 17.1. The second-order valence-corrected chi connectivity index (χ2v) is 6.85. The highest BCUT2D eigenvalue weighted by Gasteiger charge is 2.09. The summed E-state index contributed by atoms with van der Waals surface area (Å²) in [6.45, 7) is 5.75. The lowest BCUT2D eigenvalue weighted by atomic mass is 10.2. The number of nitrogens with one attached hydrogen (secondary N) is 1. The van der Waals surface area contributed by atoms with E-state index in [2.05, 4.69) is 15.5 Å². The molecule has 0 aliphatic heterocycles. The van der Waals surface area contributed by atoms with Crippen molar-refractivity contribution >= 4 is 33.2 Å². The molecule has 6 heteroatoms. The second-order valence-electron chi connectivity index (χ2n) is 5.82. The van der Waals surface area contributed by atoms with Crippen LogP contribution in [0.15, 0.2) is 53.6 Å². The van der Waals surface area contributed by atoms with Crippen molar-refractivity contribution < 1.29 is 9.53 Å². The molecule has 3 aromatic rings. The summed E-state index contributed by atoms with van der Waals surface area (Å²) < 4.78 is 6.66. The van der Waals surface area contributed by atoms with Gasteiger partial charge in [0, 0.05) is 5.56 Å². The Kier molecular flexibility index (Phi) is 5.09. The molecule has 0 aliphatic rings. The van der Waals surface area contributed by atoms with E-state index in [9.17, 15) is 4.79 Å². The Morgan fingerprint density at radius 2 is 1.88 bits per heavy atom. The van der Waals surface area contributed by atoms with Gasteiger partial charge in [0.1, 0.15) is 10.8 Å². The third-order valence-corrected chi connectivity index (χ3v) is 4.56. The van der Waals surface area contributed by atoms with Gasteiger partial charge in [0.25, 0.3) is 5.91 Å². The Balaban J connectivity index is 1.68. The molecule has 3 rings (SSSR count). The monoisotopic (exact) mass is 353 g/mol. The molecule has 0 aliphatic carbocycles. The molecule has 1 N–H and O–H groups in total. The number of amides is 1. The number of ether oxygens (including phenoxy) is 1. The predicted molar refractivity (Wildman–Crippen MR) is 102 cm³/mol. The van der Waals surface area contributed by atoms with Crippen LogP contribution in [0.2, 0.25) is 0 Å².